The molecule has 176 valence electrons. The van der Waals surface area contributed by atoms with Gasteiger partial charge in [-0.1, -0.05) is 25.1 Å². The highest BCUT2D eigenvalue weighted by Gasteiger charge is 2.27. The van der Waals surface area contributed by atoms with Crippen LogP contribution >= 0.6 is 0 Å². The van der Waals surface area contributed by atoms with Crippen molar-refractivity contribution in [2.45, 2.75) is 32.4 Å². The van der Waals surface area contributed by atoms with Crippen molar-refractivity contribution >= 4 is 11.6 Å². The van der Waals surface area contributed by atoms with Crippen LogP contribution in [0.1, 0.15) is 35.7 Å². The molecule has 2 aromatic rings. The van der Waals surface area contributed by atoms with Gasteiger partial charge in [-0.05, 0) is 49.7 Å². The number of ether oxygens (including phenoxy) is 1. The lowest BCUT2D eigenvalue weighted by molar-refractivity contribution is 0.0643. The van der Waals surface area contributed by atoms with Crippen LogP contribution in [0, 0.1) is 0 Å². The topological polar surface area (TPSA) is 39.3 Å². The Morgan fingerprint density at radius 1 is 0.909 bits per heavy atom. The van der Waals surface area contributed by atoms with Gasteiger partial charge in [0.05, 0.1) is 0 Å². The molecule has 1 amide bonds. The van der Waals surface area contributed by atoms with Gasteiger partial charge in [-0.15, -0.1) is 0 Å². The van der Waals surface area contributed by atoms with Gasteiger partial charge in [-0.2, -0.15) is 0 Å². The third-order valence-corrected chi connectivity index (χ3v) is 7.55. The molecule has 0 N–H and O–H groups in total. The summed E-state index contributed by atoms with van der Waals surface area (Å²) < 4.78 is 5.96. The number of carbonyl (C=O) groups excluding carboxylic acids is 1. The molecule has 0 radical (unpaired) electrons. The minimum absolute atomic E-state index is 0.166. The number of fused-ring (bicyclic) bond motifs is 1. The summed E-state index contributed by atoms with van der Waals surface area (Å²) in [6, 6.07) is 17.3. The quantitative estimate of drug-likeness (QED) is 0.718. The zero-order valence-corrected chi connectivity index (χ0v) is 19.8. The Morgan fingerprint density at radius 3 is 2.36 bits per heavy atom. The minimum Gasteiger partial charge on any atom is -0.492 e. The van der Waals surface area contributed by atoms with Crippen LogP contribution in [0.4, 0.5) is 5.69 Å². The monoisotopic (exact) mass is 448 g/mol. The van der Waals surface area contributed by atoms with Crippen molar-refractivity contribution in [2.24, 2.45) is 0 Å². The Morgan fingerprint density at radius 2 is 1.64 bits per heavy atom. The van der Waals surface area contributed by atoms with Crippen LogP contribution in [0.2, 0.25) is 0 Å². The van der Waals surface area contributed by atoms with Crippen molar-refractivity contribution in [3.63, 3.8) is 0 Å². The van der Waals surface area contributed by atoms with Crippen molar-refractivity contribution in [3.8, 4) is 5.75 Å². The molecule has 0 bridgehead atoms. The summed E-state index contributed by atoms with van der Waals surface area (Å²) in [4.78, 5) is 22.4. The normalized spacial score (nSPS) is 20.8. The van der Waals surface area contributed by atoms with E-state index in [2.05, 4.69) is 58.0 Å². The molecule has 0 saturated carbocycles. The number of amides is 1. The van der Waals surface area contributed by atoms with E-state index < -0.39 is 0 Å². The third kappa shape index (κ3) is 5.02. The van der Waals surface area contributed by atoms with Gasteiger partial charge in [0.15, 0.2) is 0 Å². The lowest BCUT2D eigenvalue weighted by Gasteiger charge is -2.39. The predicted molar refractivity (Wildman–Crippen MR) is 132 cm³/mol. The van der Waals surface area contributed by atoms with E-state index >= 15 is 0 Å². The molecular weight excluding hydrogens is 412 g/mol. The first-order chi connectivity index (χ1) is 16.2. The van der Waals surface area contributed by atoms with Crippen molar-refractivity contribution in [2.75, 3.05) is 63.9 Å². The zero-order chi connectivity index (χ0) is 22.6. The van der Waals surface area contributed by atoms with Crippen LogP contribution in [0.25, 0.3) is 0 Å². The second-order valence-corrected chi connectivity index (χ2v) is 9.42. The number of piperidine rings is 1. The van der Waals surface area contributed by atoms with Crippen LogP contribution < -0.4 is 9.64 Å². The SMILES string of the molecule is CCN1CCN(C(=O)c2ccc(N3CCC(N4CCOc5ccccc5C4)CC3)cc2)CC1. The fraction of sp³-hybridized carbons (Fsp3) is 0.519. The molecule has 0 unspecified atom stereocenters. The molecule has 6 heteroatoms. The first-order valence-electron chi connectivity index (χ1n) is 12.5. The summed E-state index contributed by atoms with van der Waals surface area (Å²) in [5.41, 5.74) is 3.33. The highest BCUT2D eigenvalue weighted by atomic mass is 16.5. The van der Waals surface area contributed by atoms with Crippen LogP contribution in [0.15, 0.2) is 48.5 Å². The Bertz CT molecular complexity index is 931. The molecule has 0 aromatic heterocycles. The summed E-state index contributed by atoms with van der Waals surface area (Å²) >= 11 is 0. The smallest absolute Gasteiger partial charge is 0.253 e. The van der Waals surface area contributed by atoms with Crippen molar-refractivity contribution in [1.82, 2.24) is 14.7 Å². The molecule has 2 fully saturated rings. The number of likely N-dealkylation sites (N-methyl/N-ethyl adjacent to an activating group) is 1. The Labute approximate surface area is 197 Å². The number of piperazine rings is 1. The molecule has 0 atom stereocenters. The maximum Gasteiger partial charge on any atom is 0.253 e. The highest BCUT2D eigenvalue weighted by Crippen LogP contribution is 2.28. The Hall–Kier alpha value is -2.57. The van der Waals surface area contributed by atoms with E-state index in [0.29, 0.717) is 6.04 Å². The van der Waals surface area contributed by atoms with Crippen molar-refractivity contribution < 1.29 is 9.53 Å². The van der Waals surface area contributed by atoms with Crippen LogP contribution in [-0.4, -0.2) is 85.6 Å². The second-order valence-electron chi connectivity index (χ2n) is 9.42. The molecule has 3 heterocycles. The van der Waals surface area contributed by atoms with Gasteiger partial charge in [0.1, 0.15) is 12.4 Å². The average Bonchev–Trinajstić information content (AvgIpc) is 3.11. The number of para-hydroxylation sites is 1. The summed E-state index contributed by atoms with van der Waals surface area (Å²) in [7, 11) is 0. The van der Waals surface area contributed by atoms with Gasteiger partial charge in [0.25, 0.3) is 5.91 Å². The first kappa shape index (κ1) is 22.2. The number of nitrogens with zero attached hydrogens (tertiary/aromatic N) is 4. The van der Waals surface area contributed by atoms with Gasteiger partial charge in [0, 0.05) is 75.2 Å². The van der Waals surface area contributed by atoms with Gasteiger partial charge < -0.3 is 19.4 Å². The van der Waals surface area contributed by atoms with E-state index in [-0.39, 0.29) is 5.91 Å². The third-order valence-electron chi connectivity index (χ3n) is 7.55. The number of hydrogen-bond acceptors (Lipinski definition) is 5. The highest BCUT2D eigenvalue weighted by molar-refractivity contribution is 5.94. The van der Waals surface area contributed by atoms with Gasteiger partial charge in [-0.25, -0.2) is 0 Å². The summed E-state index contributed by atoms with van der Waals surface area (Å²) in [6.07, 6.45) is 2.31. The van der Waals surface area contributed by atoms with E-state index in [9.17, 15) is 4.79 Å². The van der Waals surface area contributed by atoms with Gasteiger partial charge in [0.2, 0.25) is 0 Å². The van der Waals surface area contributed by atoms with Crippen molar-refractivity contribution in [1.29, 1.82) is 0 Å². The summed E-state index contributed by atoms with van der Waals surface area (Å²) in [5, 5.41) is 0. The number of hydrogen-bond donors (Lipinski definition) is 0. The molecule has 0 aliphatic carbocycles. The molecule has 2 saturated heterocycles. The van der Waals surface area contributed by atoms with E-state index in [0.717, 1.165) is 89.7 Å². The van der Waals surface area contributed by atoms with E-state index in [1.807, 2.05) is 17.0 Å². The fourth-order valence-corrected chi connectivity index (χ4v) is 5.41. The molecule has 33 heavy (non-hydrogen) atoms. The minimum atomic E-state index is 0.166. The largest absolute Gasteiger partial charge is 0.492 e. The number of carbonyl (C=O) groups is 1. The summed E-state index contributed by atoms with van der Waals surface area (Å²) in [5.74, 6) is 1.21. The summed E-state index contributed by atoms with van der Waals surface area (Å²) in [6.45, 7) is 11.7. The molecule has 0 spiro atoms. The maximum absolute atomic E-state index is 12.9. The molecule has 6 nitrogen and oxygen atoms in total. The van der Waals surface area contributed by atoms with E-state index in [1.165, 1.54) is 11.3 Å². The van der Waals surface area contributed by atoms with Gasteiger partial charge >= 0.3 is 0 Å². The van der Waals surface area contributed by atoms with Crippen LogP contribution in [-0.2, 0) is 6.54 Å². The average molecular weight is 449 g/mol. The second kappa shape index (κ2) is 10.1. The standard InChI is InChI=1S/C27H36N4O2/c1-2-28-15-17-30(18-16-28)27(32)22-7-9-24(10-8-22)29-13-11-25(12-14-29)31-19-20-33-26-6-4-3-5-23(26)21-31/h3-10,25H,2,11-21H2,1H3. The number of benzene rings is 2. The van der Waals surface area contributed by atoms with Crippen LogP contribution in [0.5, 0.6) is 5.75 Å². The lowest BCUT2D eigenvalue weighted by Crippen LogP contribution is -2.48. The number of rotatable bonds is 4. The first-order valence-corrected chi connectivity index (χ1v) is 12.5. The van der Waals surface area contributed by atoms with Crippen LogP contribution in [0.3, 0.4) is 0 Å². The molecule has 3 aliphatic heterocycles. The maximum atomic E-state index is 12.9. The van der Waals surface area contributed by atoms with E-state index in [4.69, 9.17) is 4.74 Å². The molecule has 2 aromatic carbocycles. The number of anilines is 1. The molecular formula is C27H36N4O2. The molecule has 3 aliphatic rings. The lowest BCUT2D eigenvalue weighted by atomic mass is 10.0. The van der Waals surface area contributed by atoms with Gasteiger partial charge in [-0.3, -0.25) is 9.69 Å². The Balaban J connectivity index is 1.15. The van der Waals surface area contributed by atoms with E-state index in [1.54, 1.807) is 0 Å². The Kier molecular flexibility index (Phi) is 6.83. The molecule has 5 rings (SSSR count). The van der Waals surface area contributed by atoms with Crippen molar-refractivity contribution in [3.05, 3.63) is 59.7 Å². The fourth-order valence-electron chi connectivity index (χ4n) is 5.41. The zero-order valence-electron chi connectivity index (χ0n) is 19.8. The predicted octanol–water partition coefficient (Wildman–Crippen LogP) is 3.33.